The molecule has 2 N–H and O–H groups in total. The molecule has 6 nitrogen and oxygen atoms in total. The van der Waals surface area contributed by atoms with Gasteiger partial charge in [0.25, 0.3) is 5.60 Å². The summed E-state index contributed by atoms with van der Waals surface area (Å²) in [5.41, 5.74) is -2.58. The zero-order valence-corrected chi connectivity index (χ0v) is 19.0. The minimum atomic E-state index is -1.86. The number of carbonyl (C=O) groups is 2. The van der Waals surface area contributed by atoms with Gasteiger partial charge >= 0.3 is 12.1 Å². The number of fused-ring (bicyclic) bond motifs is 1. The number of aliphatic carboxylic acids is 1. The van der Waals surface area contributed by atoms with E-state index in [1.165, 1.54) is 0 Å². The van der Waals surface area contributed by atoms with Crippen LogP contribution in [-0.4, -0.2) is 40.0 Å². The first-order valence-electron chi connectivity index (χ1n) is 9.63. The molecule has 2 aromatic carbocycles. The SMILES string of the molecule is CCC1(C(=O)O)C[N+](C(=O)O)(C(C)(C)C)c2cc(F)cc(-c3c(Cl)cccc3Cl)c2O1. The second-order valence-electron chi connectivity index (χ2n) is 8.57. The number of carboxylic acid groups (broad SMARTS) is 2. The highest BCUT2D eigenvalue weighted by Gasteiger charge is 2.63. The minimum absolute atomic E-state index is 0.00342. The van der Waals surface area contributed by atoms with Gasteiger partial charge in [-0.1, -0.05) is 36.2 Å². The Morgan fingerprint density at radius 1 is 1.19 bits per heavy atom. The number of ether oxygens (including phenoxy) is 1. The summed E-state index contributed by atoms with van der Waals surface area (Å²) in [6, 6.07) is 6.91. The molecule has 0 aliphatic carbocycles. The molecule has 1 aliphatic rings. The number of quaternary nitrogens is 1. The zero-order valence-electron chi connectivity index (χ0n) is 17.5. The fourth-order valence-corrected chi connectivity index (χ4v) is 4.71. The van der Waals surface area contributed by atoms with Crippen LogP contribution in [-0.2, 0) is 4.79 Å². The number of benzene rings is 2. The van der Waals surface area contributed by atoms with E-state index in [-0.39, 0.29) is 39.0 Å². The van der Waals surface area contributed by atoms with Gasteiger partial charge < -0.3 is 14.9 Å². The van der Waals surface area contributed by atoms with Crippen molar-refractivity contribution < 1.29 is 28.9 Å². The van der Waals surface area contributed by atoms with Crippen LogP contribution in [0.4, 0.5) is 14.9 Å². The topological polar surface area (TPSA) is 83.8 Å². The van der Waals surface area contributed by atoms with E-state index in [1.807, 2.05) is 0 Å². The Balaban J connectivity index is 2.53. The Hall–Kier alpha value is -2.35. The van der Waals surface area contributed by atoms with Crippen LogP contribution in [0.3, 0.4) is 0 Å². The maximum Gasteiger partial charge on any atom is 0.519 e. The lowest BCUT2D eigenvalue weighted by atomic mass is 9.88. The third-order valence-corrected chi connectivity index (χ3v) is 6.53. The largest absolute Gasteiger partial charge is 0.519 e. The second-order valence-corrected chi connectivity index (χ2v) is 9.39. The summed E-state index contributed by atoms with van der Waals surface area (Å²) < 4.78 is 20.0. The van der Waals surface area contributed by atoms with Crippen LogP contribution in [0.15, 0.2) is 30.3 Å². The first kappa shape index (κ1) is 23.3. The van der Waals surface area contributed by atoms with Gasteiger partial charge in [-0.3, -0.25) is 0 Å². The third-order valence-electron chi connectivity index (χ3n) is 5.90. The van der Waals surface area contributed by atoms with Crippen molar-refractivity contribution >= 4 is 41.0 Å². The molecule has 2 aromatic rings. The van der Waals surface area contributed by atoms with E-state index in [0.717, 1.165) is 12.1 Å². The summed E-state index contributed by atoms with van der Waals surface area (Å²) in [5, 5.41) is 20.8. The Morgan fingerprint density at radius 2 is 1.77 bits per heavy atom. The summed E-state index contributed by atoms with van der Waals surface area (Å²) in [6.07, 6.45) is -1.34. The number of hydrogen-bond donors (Lipinski definition) is 2. The van der Waals surface area contributed by atoms with Crippen molar-refractivity contribution in [1.82, 2.24) is 4.48 Å². The molecule has 9 heteroatoms. The monoisotopic (exact) mass is 470 g/mol. The molecule has 0 aromatic heterocycles. The van der Waals surface area contributed by atoms with E-state index in [0.29, 0.717) is 0 Å². The fraction of sp³-hybridized carbons (Fsp3) is 0.364. The van der Waals surface area contributed by atoms with Crippen molar-refractivity contribution in [2.45, 2.75) is 45.3 Å². The molecule has 2 unspecified atom stereocenters. The van der Waals surface area contributed by atoms with E-state index in [9.17, 15) is 24.2 Å². The highest BCUT2D eigenvalue weighted by molar-refractivity contribution is 6.39. The lowest BCUT2D eigenvalue weighted by Gasteiger charge is -2.50. The van der Waals surface area contributed by atoms with E-state index in [4.69, 9.17) is 27.9 Å². The molecule has 31 heavy (non-hydrogen) atoms. The van der Waals surface area contributed by atoms with Crippen molar-refractivity contribution in [1.29, 1.82) is 0 Å². The molecular weight excluding hydrogens is 448 g/mol. The first-order chi connectivity index (χ1) is 14.3. The van der Waals surface area contributed by atoms with Crippen molar-refractivity contribution in [3.05, 3.63) is 46.2 Å². The molecule has 0 bridgehead atoms. The van der Waals surface area contributed by atoms with E-state index in [2.05, 4.69) is 0 Å². The molecule has 1 amide bonds. The Kier molecular flexibility index (Phi) is 5.76. The number of hydrogen-bond acceptors (Lipinski definition) is 3. The average Bonchev–Trinajstić information content (AvgIpc) is 2.65. The maximum atomic E-state index is 14.9. The number of halogens is 3. The summed E-state index contributed by atoms with van der Waals surface area (Å²) >= 11 is 12.7. The van der Waals surface area contributed by atoms with Gasteiger partial charge in [-0.2, -0.15) is 9.28 Å². The van der Waals surface area contributed by atoms with Gasteiger partial charge in [-0.15, -0.1) is 0 Å². The summed E-state index contributed by atoms with van der Waals surface area (Å²) in [4.78, 5) is 25.1. The van der Waals surface area contributed by atoms with Gasteiger partial charge in [0.2, 0.25) is 0 Å². The Morgan fingerprint density at radius 3 is 2.23 bits per heavy atom. The van der Waals surface area contributed by atoms with Crippen LogP contribution in [0, 0.1) is 5.82 Å². The van der Waals surface area contributed by atoms with Gasteiger partial charge in [0, 0.05) is 23.6 Å². The average molecular weight is 471 g/mol. The number of rotatable bonds is 3. The fourth-order valence-electron chi connectivity index (χ4n) is 4.11. The van der Waals surface area contributed by atoms with Gasteiger partial charge in [0.05, 0.1) is 10.0 Å². The van der Waals surface area contributed by atoms with Crippen LogP contribution in [0.2, 0.25) is 10.0 Å². The van der Waals surface area contributed by atoms with Gasteiger partial charge in [-0.05, 0) is 39.0 Å². The van der Waals surface area contributed by atoms with Crippen LogP contribution in [0.5, 0.6) is 5.75 Å². The summed E-state index contributed by atoms with van der Waals surface area (Å²) in [6.45, 7) is 6.15. The van der Waals surface area contributed by atoms with Gasteiger partial charge in [-0.25, -0.2) is 9.18 Å². The van der Waals surface area contributed by atoms with E-state index < -0.39 is 40.0 Å². The molecular formula is C22H23Cl2FNO5+. The lowest BCUT2D eigenvalue weighted by Crippen LogP contribution is -2.74. The van der Waals surface area contributed by atoms with Crippen molar-refractivity contribution in [2.75, 3.05) is 6.54 Å². The van der Waals surface area contributed by atoms with E-state index in [1.54, 1.807) is 45.9 Å². The predicted octanol–water partition coefficient (Wildman–Crippen LogP) is 6.21. The van der Waals surface area contributed by atoms with Gasteiger partial charge in [0.1, 0.15) is 17.9 Å². The number of amides is 1. The van der Waals surface area contributed by atoms with Crippen LogP contribution in [0.1, 0.15) is 34.1 Å². The molecule has 1 heterocycles. The lowest BCUT2D eigenvalue weighted by molar-refractivity contribution is -0.159. The molecule has 3 rings (SSSR count). The zero-order chi connectivity index (χ0) is 23.4. The van der Waals surface area contributed by atoms with Crippen molar-refractivity contribution in [2.24, 2.45) is 0 Å². The molecule has 0 spiro atoms. The van der Waals surface area contributed by atoms with Crippen LogP contribution < -0.4 is 9.22 Å². The Labute approximate surface area is 189 Å². The normalized spacial score (nSPS) is 23.1. The molecule has 0 saturated heterocycles. The minimum Gasteiger partial charge on any atom is -0.478 e. The first-order valence-corrected chi connectivity index (χ1v) is 10.4. The second kappa shape index (κ2) is 7.65. The Bertz CT molecular complexity index is 1060. The molecule has 2 atom stereocenters. The van der Waals surface area contributed by atoms with Crippen LogP contribution >= 0.6 is 23.2 Å². The number of carboxylic acids is 1. The van der Waals surface area contributed by atoms with Crippen molar-refractivity contribution in [3.8, 4) is 16.9 Å². The molecule has 1 aliphatic heterocycles. The molecule has 0 saturated carbocycles. The maximum absolute atomic E-state index is 14.9. The standard InChI is InChI=1S/C22H22Cl2FNO5/c1-5-22(19(27)28)11-26(20(29)30,21(2,3)4)16-10-12(25)9-13(18(16)31-22)17-14(23)7-6-8-15(17)24/h6-10H,5,11H2,1-4H3,(H-,27,28,29,30)/p+1. The summed E-state index contributed by atoms with van der Waals surface area (Å²) in [7, 11) is 0. The third kappa shape index (κ3) is 3.45. The highest BCUT2D eigenvalue weighted by atomic mass is 35.5. The molecule has 166 valence electrons. The van der Waals surface area contributed by atoms with Crippen LogP contribution in [0.25, 0.3) is 11.1 Å². The van der Waals surface area contributed by atoms with Gasteiger partial charge in [0.15, 0.2) is 11.4 Å². The predicted molar refractivity (Wildman–Crippen MR) is 118 cm³/mol. The van der Waals surface area contributed by atoms with Crippen molar-refractivity contribution in [3.63, 3.8) is 0 Å². The molecule has 0 fully saturated rings. The molecule has 0 radical (unpaired) electrons. The summed E-state index contributed by atoms with van der Waals surface area (Å²) in [5.74, 6) is -2.10. The highest BCUT2D eigenvalue weighted by Crippen LogP contribution is 2.53. The van der Waals surface area contributed by atoms with E-state index >= 15 is 0 Å². The quantitative estimate of drug-likeness (QED) is 0.520. The number of nitrogens with zero attached hydrogens (tertiary/aromatic N) is 1. The smallest absolute Gasteiger partial charge is 0.478 e.